The van der Waals surface area contributed by atoms with E-state index < -0.39 is 11.9 Å². The molecule has 2 aliphatic rings. The number of nitrogens with zero attached hydrogens (tertiary/aromatic N) is 4. The Morgan fingerprint density at radius 2 is 1.81 bits per heavy atom. The van der Waals surface area contributed by atoms with Crippen molar-refractivity contribution in [2.24, 2.45) is 11.8 Å². The van der Waals surface area contributed by atoms with Gasteiger partial charge in [0.2, 0.25) is 5.95 Å². The maximum Gasteiger partial charge on any atom is 0.433 e. The molecule has 3 heterocycles. The molecular weight excluding hydrogens is 450 g/mol. The van der Waals surface area contributed by atoms with Crippen molar-refractivity contribution in [3.63, 3.8) is 0 Å². The Morgan fingerprint density at radius 1 is 1.10 bits per heavy atom. The van der Waals surface area contributed by atoms with Gasteiger partial charge in [-0.2, -0.15) is 18.2 Å². The highest BCUT2D eigenvalue weighted by Gasteiger charge is 2.47. The van der Waals surface area contributed by atoms with Crippen molar-refractivity contribution < 1.29 is 13.2 Å². The molecule has 2 saturated heterocycles. The highest BCUT2D eigenvalue weighted by atomic mass is 35.5. The van der Waals surface area contributed by atoms with Crippen LogP contribution in [0.4, 0.5) is 24.9 Å². The molecule has 2 aliphatic heterocycles. The van der Waals surface area contributed by atoms with Crippen molar-refractivity contribution in [1.29, 1.82) is 0 Å². The van der Waals surface area contributed by atoms with E-state index in [0.717, 1.165) is 12.6 Å². The largest absolute Gasteiger partial charge is 0.433 e. The fourth-order valence-electron chi connectivity index (χ4n) is 4.81. The summed E-state index contributed by atoms with van der Waals surface area (Å²) in [6.07, 6.45) is -4.50. The van der Waals surface area contributed by atoms with Crippen LogP contribution in [0.5, 0.6) is 0 Å². The predicted octanol–water partition coefficient (Wildman–Crippen LogP) is 4.82. The topological polar surface area (TPSA) is 44.3 Å². The molecule has 2 aromatic rings. The van der Waals surface area contributed by atoms with Crippen molar-refractivity contribution in [2.45, 2.75) is 26.1 Å². The average molecular weight is 478 g/mol. The number of anilines is 2. The van der Waals surface area contributed by atoms with Gasteiger partial charge in [-0.1, -0.05) is 24.3 Å². The molecule has 1 aromatic heterocycles. The molecule has 0 radical (unpaired) electrons. The van der Waals surface area contributed by atoms with Crippen LogP contribution in [0.3, 0.4) is 0 Å². The van der Waals surface area contributed by atoms with Gasteiger partial charge < -0.3 is 10.2 Å². The first-order chi connectivity index (χ1) is 13.8. The average Bonchev–Trinajstić information content (AvgIpc) is 3.19. The predicted molar refractivity (Wildman–Crippen MR) is 121 cm³/mol. The molecule has 2 fully saturated rings. The van der Waals surface area contributed by atoms with Crippen LogP contribution in [-0.4, -0.2) is 48.1 Å². The van der Waals surface area contributed by atoms with Crippen molar-refractivity contribution in [2.75, 3.05) is 43.4 Å². The molecule has 31 heavy (non-hydrogen) atoms. The summed E-state index contributed by atoms with van der Waals surface area (Å²) >= 11 is 0. The first-order valence-corrected chi connectivity index (χ1v) is 9.98. The quantitative estimate of drug-likeness (QED) is 0.683. The molecule has 1 aromatic carbocycles. The number of aromatic nitrogens is 2. The zero-order valence-corrected chi connectivity index (χ0v) is 19.3. The molecule has 0 spiro atoms. The Labute approximate surface area is 193 Å². The summed E-state index contributed by atoms with van der Waals surface area (Å²) in [7, 11) is 2.13. The van der Waals surface area contributed by atoms with Gasteiger partial charge in [0.05, 0.1) is 0 Å². The monoisotopic (exact) mass is 477 g/mol. The van der Waals surface area contributed by atoms with Gasteiger partial charge >= 0.3 is 6.18 Å². The SMILES string of the molecule is CCNc1nc(N2C[C@@H]3CN(C)[C@@H](c4ccccc4C)[C@@H]3C2)cc(C(F)(F)F)n1.Cl.Cl. The van der Waals surface area contributed by atoms with E-state index in [-0.39, 0.29) is 36.8 Å². The number of hydrogen-bond donors (Lipinski definition) is 1. The van der Waals surface area contributed by atoms with E-state index in [0.29, 0.717) is 37.3 Å². The Morgan fingerprint density at radius 3 is 2.45 bits per heavy atom. The zero-order chi connectivity index (χ0) is 20.8. The van der Waals surface area contributed by atoms with E-state index in [9.17, 15) is 13.2 Å². The van der Waals surface area contributed by atoms with Crippen LogP contribution in [0.1, 0.15) is 29.8 Å². The Balaban J connectivity index is 0.00000171. The summed E-state index contributed by atoms with van der Waals surface area (Å²) in [4.78, 5) is 12.4. The van der Waals surface area contributed by atoms with E-state index in [4.69, 9.17) is 0 Å². The van der Waals surface area contributed by atoms with Crippen molar-refractivity contribution in [1.82, 2.24) is 14.9 Å². The Bertz CT molecular complexity index is 896. The molecular formula is C21H28Cl2F3N5. The zero-order valence-electron chi connectivity index (χ0n) is 17.7. The van der Waals surface area contributed by atoms with Crippen LogP contribution in [0.15, 0.2) is 30.3 Å². The number of fused-ring (bicyclic) bond motifs is 1. The van der Waals surface area contributed by atoms with Gasteiger partial charge in [-0.05, 0) is 37.9 Å². The van der Waals surface area contributed by atoms with E-state index in [1.165, 1.54) is 11.1 Å². The van der Waals surface area contributed by atoms with Crippen LogP contribution < -0.4 is 10.2 Å². The molecule has 0 bridgehead atoms. The van der Waals surface area contributed by atoms with E-state index in [1.807, 2.05) is 17.9 Å². The van der Waals surface area contributed by atoms with Crippen molar-refractivity contribution in [3.8, 4) is 0 Å². The highest BCUT2D eigenvalue weighted by molar-refractivity contribution is 5.85. The van der Waals surface area contributed by atoms with Crippen molar-refractivity contribution >= 4 is 36.6 Å². The van der Waals surface area contributed by atoms with Crippen molar-refractivity contribution in [3.05, 3.63) is 47.2 Å². The second-order valence-corrected chi connectivity index (χ2v) is 8.03. The minimum atomic E-state index is -4.50. The number of alkyl halides is 3. The maximum atomic E-state index is 13.3. The third kappa shape index (κ3) is 5.02. The lowest BCUT2D eigenvalue weighted by molar-refractivity contribution is -0.141. The van der Waals surface area contributed by atoms with Gasteiger partial charge in [-0.3, -0.25) is 4.90 Å². The van der Waals surface area contributed by atoms with Gasteiger partial charge in [-0.15, -0.1) is 24.8 Å². The number of rotatable bonds is 4. The summed E-state index contributed by atoms with van der Waals surface area (Å²) in [5.74, 6) is 1.13. The maximum absolute atomic E-state index is 13.3. The number of halogens is 5. The van der Waals surface area contributed by atoms with Gasteiger partial charge in [0.15, 0.2) is 5.69 Å². The number of aryl methyl sites for hydroxylation is 1. The third-order valence-corrected chi connectivity index (χ3v) is 6.06. The summed E-state index contributed by atoms with van der Waals surface area (Å²) in [6, 6.07) is 9.72. The smallest absolute Gasteiger partial charge is 0.356 e. The fourth-order valence-corrected chi connectivity index (χ4v) is 4.81. The molecule has 0 saturated carbocycles. The van der Waals surface area contributed by atoms with E-state index in [1.54, 1.807) is 0 Å². The fraction of sp³-hybridized carbons (Fsp3) is 0.524. The minimum absolute atomic E-state index is 0. The lowest BCUT2D eigenvalue weighted by atomic mass is 9.88. The van der Waals surface area contributed by atoms with Gasteiger partial charge in [0, 0.05) is 44.2 Å². The van der Waals surface area contributed by atoms with Crippen LogP contribution in [-0.2, 0) is 6.18 Å². The number of benzene rings is 1. The first-order valence-electron chi connectivity index (χ1n) is 9.98. The lowest BCUT2D eigenvalue weighted by Crippen LogP contribution is -2.30. The minimum Gasteiger partial charge on any atom is -0.356 e. The number of likely N-dealkylation sites (tertiary alicyclic amines) is 1. The summed E-state index contributed by atoms with van der Waals surface area (Å²) in [5, 5.41) is 2.83. The van der Waals surface area contributed by atoms with Gasteiger partial charge in [0.25, 0.3) is 0 Å². The molecule has 0 aliphatic carbocycles. The molecule has 10 heteroatoms. The molecule has 5 nitrogen and oxygen atoms in total. The normalized spacial score (nSPS) is 23.2. The summed E-state index contributed by atoms with van der Waals surface area (Å²) in [6.45, 7) is 6.72. The molecule has 0 amide bonds. The van der Waals surface area contributed by atoms with Gasteiger partial charge in [0.1, 0.15) is 5.82 Å². The summed E-state index contributed by atoms with van der Waals surface area (Å²) < 4.78 is 40.0. The van der Waals surface area contributed by atoms with Gasteiger partial charge in [-0.25, -0.2) is 4.98 Å². The number of nitrogens with one attached hydrogen (secondary N) is 1. The second kappa shape index (κ2) is 9.79. The molecule has 3 atom stereocenters. The van der Waals surface area contributed by atoms with E-state index in [2.05, 4.69) is 52.4 Å². The third-order valence-electron chi connectivity index (χ3n) is 6.06. The highest BCUT2D eigenvalue weighted by Crippen LogP contribution is 2.46. The molecule has 4 rings (SSSR count). The van der Waals surface area contributed by atoms with Crippen LogP contribution >= 0.6 is 24.8 Å². The second-order valence-electron chi connectivity index (χ2n) is 8.03. The van der Waals surface area contributed by atoms with Crippen LogP contribution in [0.2, 0.25) is 0 Å². The Hall–Kier alpha value is -1.77. The molecule has 1 N–H and O–H groups in total. The van der Waals surface area contributed by atoms with Crippen LogP contribution in [0.25, 0.3) is 0 Å². The first kappa shape index (κ1) is 25.5. The van der Waals surface area contributed by atoms with E-state index >= 15 is 0 Å². The molecule has 172 valence electrons. The lowest BCUT2D eigenvalue weighted by Gasteiger charge is -2.28. The number of hydrogen-bond acceptors (Lipinski definition) is 5. The Kier molecular flexibility index (Phi) is 8.05. The summed E-state index contributed by atoms with van der Waals surface area (Å²) in [5.41, 5.74) is 1.65. The molecule has 0 unspecified atom stereocenters. The van der Waals surface area contributed by atoms with Crippen LogP contribution in [0, 0.1) is 18.8 Å². The standard InChI is InChI=1S/C21H26F3N5.2ClH/c1-4-25-20-26-17(21(22,23)24)9-18(27-20)29-11-14-10-28(3)19(16(14)12-29)15-8-6-5-7-13(15)2;;/h5-9,14,16,19H,4,10-12H2,1-3H3,(H,25,26,27);2*1H/t14-,16+,19-;;/m0../s1.